The predicted molar refractivity (Wildman–Crippen MR) is 89.4 cm³/mol. The van der Waals surface area contributed by atoms with Gasteiger partial charge in [-0.1, -0.05) is 6.42 Å². The summed E-state index contributed by atoms with van der Waals surface area (Å²) in [4.78, 5) is 12.5. The third kappa shape index (κ3) is 3.68. The van der Waals surface area contributed by atoms with E-state index in [1.165, 1.54) is 10.4 Å². The zero-order valence-electron chi connectivity index (χ0n) is 13.1. The summed E-state index contributed by atoms with van der Waals surface area (Å²) >= 11 is 1.09. The van der Waals surface area contributed by atoms with Crippen LogP contribution in [-0.2, 0) is 21.3 Å². The van der Waals surface area contributed by atoms with E-state index < -0.39 is 16.0 Å². The molecule has 24 heavy (non-hydrogen) atoms. The van der Waals surface area contributed by atoms with Crippen LogP contribution in [0.25, 0.3) is 0 Å². The van der Waals surface area contributed by atoms with E-state index in [9.17, 15) is 13.2 Å². The lowest BCUT2D eigenvalue weighted by molar-refractivity contribution is 0.0489. The summed E-state index contributed by atoms with van der Waals surface area (Å²) in [6, 6.07) is 3.27. The lowest BCUT2D eigenvalue weighted by atomic mass is 10.2. The number of carbonyl (C=O) groups is 1. The lowest BCUT2D eigenvalue weighted by Gasteiger charge is -2.25. The average molecular weight is 369 g/mol. The van der Waals surface area contributed by atoms with Crippen molar-refractivity contribution in [1.82, 2.24) is 14.1 Å². The molecule has 0 N–H and O–H groups in total. The summed E-state index contributed by atoms with van der Waals surface area (Å²) in [5.41, 5.74) is 0. The number of piperidine rings is 1. The van der Waals surface area contributed by atoms with Gasteiger partial charge in [-0.25, -0.2) is 13.2 Å². The smallest absolute Gasteiger partial charge is 0.349 e. The first-order valence-corrected chi connectivity index (χ1v) is 10.1. The molecular formula is C15H19N3O4S2. The maximum absolute atomic E-state index is 12.7. The molecule has 0 atom stereocenters. The van der Waals surface area contributed by atoms with Crippen LogP contribution in [0.5, 0.6) is 0 Å². The van der Waals surface area contributed by atoms with Gasteiger partial charge in [0.05, 0.1) is 6.54 Å². The second kappa shape index (κ2) is 7.45. The molecule has 130 valence electrons. The molecule has 0 amide bonds. The first-order chi connectivity index (χ1) is 11.6. The Morgan fingerprint density at radius 3 is 2.79 bits per heavy atom. The van der Waals surface area contributed by atoms with Crippen LogP contribution in [0, 0.1) is 0 Å². The molecule has 0 bridgehead atoms. The quantitative estimate of drug-likeness (QED) is 0.727. The molecule has 0 radical (unpaired) electrons. The van der Waals surface area contributed by atoms with Gasteiger partial charge in [-0.2, -0.15) is 9.40 Å². The number of ether oxygens (including phenoxy) is 1. The standard InChI is InChI=1S/C15H19N3O4S2/c19-15(22-11-10-17-7-4-6-16-17)14-13(5-12-23-14)24(20,21)18-8-2-1-3-9-18/h4-7,12H,1-3,8-11H2. The molecule has 9 heteroatoms. The highest BCUT2D eigenvalue weighted by Gasteiger charge is 2.31. The summed E-state index contributed by atoms with van der Waals surface area (Å²) in [5, 5.41) is 5.63. The van der Waals surface area contributed by atoms with Crippen molar-refractivity contribution in [3.05, 3.63) is 34.8 Å². The Hall–Kier alpha value is -1.71. The number of carbonyl (C=O) groups excluding carboxylic acids is 1. The number of hydrogen-bond acceptors (Lipinski definition) is 6. The molecule has 0 aliphatic carbocycles. The van der Waals surface area contributed by atoms with E-state index in [-0.39, 0.29) is 16.4 Å². The minimum atomic E-state index is -3.64. The van der Waals surface area contributed by atoms with Crippen LogP contribution in [0.2, 0.25) is 0 Å². The normalized spacial score (nSPS) is 16.2. The Labute approximate surface area is 144 Å². The summed E-state index contributed by atoms with van der Waals surface area (Å²) in [6.45, 7) is 1.58. The van der Waals surface area contributed by atoms with Crippen LogP contribution in [0.3, 0.4) is 0 Å². The number of aromatic nitrogens is 2. The number of rotatable bonds is 6. The van der Waals surface area contributed by atoms with Gasteiger partial charge in [0.25, 0.3) is 0 Å². The third-order valence-corrected chi connectivity index (χ3v) is 6.82. The van der Waals surface area contributed by atoms with Crippen LogP contribution in [-0.4, -0.2) is 48.2 Å². The van der Waals surface area contributed by atoms with Crippen LogP contribution in [0.15, 0.2) is 34.8 Å². The van der Waals surface area contributed by atoms with Crippen molar-refractivity contribution in [3.8, 4) is 0 Å². The lowest BCUT2D eigenvalue weighted by Crippen LogP contribution is -2.36. The van der Waals surface area contributed by atoms with E-state index >= 15 is 0 Å². The molecule has 1 saturated heterocycles. The Kier molecular flexibility index (Phi) is 5.32. The van der Waals surface area contributed by atoms with Crippen molar-refractivity contribution in [2.24, 2.45) is 0 Å². The number of esters is 1. The largest absolute Gasteiger partial charge is 0.460 e. The van der Waals surface area contributed by atoms with Crippen molar-refractivity contribution >= 4 is 27.3 Å². The Morgan fingerprint density at radius 1 is 1.29 bits per heavy atom. The number of nitrogens with zero attached hydrogens (tertiary/aromatic N) is 3. The molecule has 3 heterocycles. The van der Waals surface area contributed by atoms with Crippen LogP contribution >= 0.6 is 11.3 Å². The van der Waals surface area contributed by atoms with Crippen molar-refractivity contribution in [3.63, 3.8) is 0 Å². The van der Waals surface area contributed by atoms with Gasteiger partial charge in [-0.3, -0.25) is 4.68 Å². The van der Waals surface area contributed by atoms with Gasteiger partial charge in [0, 0.05) is 25.5 Å². The summed E-state index contributed by atoms with van der Waals surface area (Å²) in [5.74, 6) is -0.604. The van der Waals surface area contributed by atoms with E-state index in [1.807, 2.05) is 0 Å². The first-order valence-electron chi connectivity index (χ1n) is 7.81. The second-order valence-electron chi connectivity index (χ2n) is 5.48. The molecule has 0 unspecified atom stereocenters. The first kappa shape index (κ1) is 17.1. The fourth-order valence-electron chi connectivity index (χ4n) is 2.62. The molecule has 7 nitrogen and oxygen atoms in total. The van der Waals surface area contributed by atoms with Crippen LogP contribution in [0.4, 0.5) is 0 Å². The molecule has 1 aliphatic heterocycles. The molecule has 1 fully saturated rings. The van der Waals surface area contributed by atoms with Gasteiger partial charge in [-0.05, 0) is 30.4 Å². The minimum Gasteiger partial charge on any atom is -0.460 e. The third-order valence-electron chi connectivity index (χ3n) is 3.86. The highest BCUT2D eigenvalue weighted by atomic mass is 32.2. The number of hydrogen-bond donors (Lipinski definition) is 0. The maximum atomic E-state index is 12.7. The molecule has 1 aliphatic rings. The minimum absolute atomic E-state index is 0.0542. The van der Waals surface area contributed by atoms with Crippen LogP contribution in [0.1, 0.15) is 28.9 Å². The van der Waals surface area contributed by atoms with Crippen molar-refractivity contribution in [2.75, 3.05) is 19.7 Å². The van der Waals surface area contributed by atoms with Gasteiger partial charge in [0.1, 0.15) is 16.4 Å². The van der Waals surface area contributed by atoms with E-state index in [2.05, 4.69) is 5.10 Å². The van der Waals surface area contributed by atoms with Gasteiger partial charge < -0.3 is 4.74 Å². The molecule has 0 aromatic carbocycles. The zero-order chi connectivity index (χ0) is 17.0. The molecule has 0 saturated carbocycles. The topological polar surface area (TPSA) is 81.5 Å². The molecular weight excluding hydrogens is 350 g/mol. The highest BCUT2D eigenvalue weighted by molar-refractivity contribution is 7.89. The number of thiophene rings is 1. The van der Waals surface area contributed by atoms with Gasteiger partial charge in [0.2, 0.25) is 10.0 Å². The van der Waals surface area contributed by atoms with E-state index in [4.69, 9.17) is 4.74 Å². The van der Waals surface area contributed by atoms with Crippen molar-refractivity contribution < 1.29 is 17.9 Å². The van der Waals surface area contributed by atoms with Gasteiger partial charge in [0.15, 0.2) is 0 Å². The SMILES string of the molecule is O=C(OCCn1cccn1)c1sccc1S(=O)(=O)N1CCCCC1. The fourth-order valence-corrected chi connectivity index (χ4v) is 5.42. The summed E-state index contributed by atoms with van der Waals surface area (Å²) in [6.07, 6.45) is 6.16. The Morgan fingerprint density at radius 2 is 2.08 bits per heavy atom. The predicted octanol–water partition coefficient (Wildman–Crippen LogP) is 1.98. The van der Waals surface area contributed by atoms with Crippen LogP contribution < -0.4 is 0 Å². The summed E-state index contributed by atoms with van der Waals surface area (Å²) in [7, 11) is -3.64. The molecule has 2 aromatic rings. The highest BCUT2D eigenvalue weighted by Crippen LogP contribution is 2.27. The number of sulfonamides is 1. The van der Waals surface area contributed by atoms with E-state index in [1.54, 1.807) is 28.5 Å². The van der Waals surface area contributed by atoms with E-state index in [0.29, 0.717) is 19.6 Å². The van der Waals surface area contributed by atoms with E-state index in [0.717, 1.165) is 30.6 Å². The Balaban J connectivity index is 1.68. The molecule has 2 aromatic heterocycles. The van der Waals surface area contributed by atoms with Gasteiger partial charge >= 0.3 is 5.97 Å². The van der Waals surface area contributed by atoms with Crippen molar-refractivity contribution in [2.45, 2.75) is 30.7 Å². The second-order valence-corrected chi connectivity index (χ2v) is 8.31. The van der Waals surface area contributed by atoms with Crippen molar-refractivity contribution in [1.29, 1.82) is 0 Å². The average Bonchev–Trinajstić information content (AvgIpc) is 3.27. The van der Waals surface area contributed by atoms with Gasteiger partial charge in [-0.15, -0.1) is 11.3 Å². The fraction of sp³-hybridized carbons (Fsp3) is 0.467. The summed E-state index contributed by atoms with van der Waals surface area (Å²) < 4.78 is 33.8. The maximum Gasteiger partial charge on any atom is 0.349 e. The zero-order valence-corrected chi connectivity index (χ0v) is 14.8. The molecule has 0 spiro atoms. The monoisotopic (exact) mass is 369 g/mol. The Bertz CT molecular complexity index is 778. The molecule has 3 rings (SSSR count).